The zero-order valence-corrected chi connectivity index (χ0v) is 11.9. The third-order valence-electron chi connectivity index (χ3n) is 0.700. The van der Waals surface area contributed by atoms with Crippen LogP contribution in [0.2, 0.25) is 0 Å². The molecule has 3 nitrogen and oxygen atoms in total. The van der Waals surface area contributed by atoms with Crippen molar-refractivity contribution in [2.24, 2.45) is 0 Å². The average molecular weight is 305 g/mol. The Balaban J connectivity index is 0. The zero-order valence-electron chi connectivity index (χ0n) is 8.77. The quantitative estimate of drug-likeness (QED) is 0.547. The van der Waals surface area contributed by atoms with E-state index in [9.17, 15) is 9.00 Å². The fraction of sp³-hybridized carbons (Fsp3) is 0.333. The molecule has 0 aliphatic heterocycles. The Bertz CT molecular complexity index is 260. The highest BCUT2D eigenvalue weighted by molar-refractivity contribution is 7.83. The highest BCUT2D eigenvalue weighted by Crippen LogP contribution is 2.21. The summed E-state index contributed by atoms with van der Waals surface area (Å²) in [4.78, 5) is 13.2. The molecule has 1 aromatic rings. The van der Waals surface area contributed by atoms with E-state index in [0.717, 1.165) is 0 Å². The van der Waals surface area contributed by atoms with Crippen molar-refractivity contribution in [1.29, 1.82) is 0 Å². The number of hydrogen-bond acceptors (Lipinski definition) is 3. The largest absolute Gasteiger partial charge is 0.299 e. The topological polar surface area (TPSA) is 47.0 Å². The molecule has 0 aliphatic rings. The molecule has 92 valence electrons. The number of alkyl halides is 3. The van der Waals surface area contributed by atoms with Gasteiger partial charge in [-0.05, 0) is 12.1 Å². The van der Waals surface area contributed by atoms with Crippen LogP contribution in [0.3, 0.4) is 0 Å². The predicted octanol–water partition coefficient (Wildman–Crippen LogP) is 2.63. The number of hydrogen-bond donors (Lipinski definition) is 0. The molecule has 1 aromatic heterocycles. The lowest BCUT2D eigenvalue weighted by atomic mass is 10.5. The molecule has 0 fully saturated rings. The van der Waals surface area contributed by atoms with Gasteiger partial charge in [-0.25, -0.2) is 0 Å². The van der Waals surface area contributed by atoms with Gasteiger partial charge in [0.2, 0.25) is 3.79 Å². The standard InChI is InChI=1S/C5H5N.C2HCl3O.C2H6OS/c1-2-4-6-5-3-1;3-2(4,5)1-6;1-4(2)3/h1-5H;1H;1-2H3. The number of carbonyl (C=O) groups is 1. The van der Waals surface area contributed by atoms with Crippen LogP contribution in [0.25, 0.3) is 0 Å². The third-order valence-corrected chi connectivity index (χ3v) is 0.967. The number of aldehydes is 1. The second-order valence-electron chi connectivity index (χ2n) is 2.43. The van der Waals surface area contributed by atoms with Crippen molar-refractivity contribution < 1.29 is 9.00 Å². The van der Waals surface area contributed by atoms with Gasteiger partial charge in [-0.15, -0.1) is 0 Å². The Kier molecular flexibility index (Phi) is 12.9. The minimum Gasteiger partial charge on any atom is -0.299 e. The number of halogens is 3. The minimum atomic E-state index is -1.72. The van der Waals surface area contributed by atoms with Gasteiger partial charge in [-0.3, -0.25) is 14.0 Å². The Hall–Kier alpha value is -0.160. The summed E-state index contributed by atoms with van der Waals surface area (Å²) in [6.07, 6.45) is 7.01. The fourth-order valence-corrected chi connectivity index (χ4v) is 0.313. The molecule has 0 radical (unpaired) electrons. The highest BCUT2D eigenvalue weighted by Gasteiger charge is 2.16. The smallest absolute Gasteiger partial charge is 0.245 e. The summed E-state index contributed by atoms with van der Waals surface area (Å²) in [6, 6.07) is 5.72. The van der Waals surface area contributed by atoms with Gasteiger partial charge in [-0.2, -0.15) is 0 Å². The van der Waals surface area contributed by atoms with Crippen LogP contribution in [0.15, 0.2) is 30.6 Å². The van der Waals surface area contributed by atoms with Crippen LogP contribution in [0, 0.1) is 0 Å². The van der Waals surface area contributed by atoms with Gasteiger partial charge >= 0.3 is 0 Å². The van der Waals surface area contributed by atoms with Crippen molar-refractivity contribution in [3.8, 4) is 0 Å². The number of nitrogens with zero attached hydrogens (tertiary/aromatic N) is 1. The molecule has 1 rings (SSSR count). The van der Waals surface area contributed by atoms with E-state index < -0.39 is 14.6 Å². The molecule has 7 heteroatoms. The molecule has 0 spiro atoms. The molecule has 0 N–H and O–H groups in total. The van der Waals surface area contributed by atoms with Crippen molar-refractivity contribution in [3.05, 3.63) is 30.6 Å². The van der Waals surface area contributed by atoms with Gasteiger partial charge in [0.25, 0.3) is 0 Å². The van der Waals surface area contributed by atoms with Crippen LogP contribution in [0.1, 0.15) is 0 Å². The maximum atomic E-state index is 9.56. The third kappa shape index (κ3) is 29.2. The van der Waals surface area contributed by atoms with E-state index in [1.165, 1.54) is 0 Å². The molecule has 0 aliphatic carbocycles. The normalized spacial score (nSPS) is 9.38. The van der Waals surface area contributed by atoms with E-state index in [1.54, 1.807) is 24.9 Å². The highest BCUT2D eigenvalue weighted by atomic mass is 35.6. The minimum absolute atomic E-state index is 0.234. The summed E-state index contributed by atoms with van der Waals surface area (Å²) in [7, 11) is -0.611. The van der Waals surface area contributed by atoms with E-state index in [1.807, 2.05) is 18.2 Å². The van der Waals surface area contributed by atoms with Crippen LogP contribution in [-0.4, -0.2) is 31.8 Å². The summed E-state index contributed by atoms with van der Waals surface area (Å²) >= 11 is 14.6. The molecule has 0 unspecified atom stereocenters. The number of aromatic nitrogens is 1. The maximum Gasteiger partial charge on any atom is 0.245 e. The molecule has 0 saturated heterocycles. The first-order valence-corrected chi connectivity index (χ1v) is 7.02. The summed E-state index contributed by atoms with van der Waals surface area (Å²) in [5.41, 5.74) is 0. The number of pyridine rings is 1. The van der Waals surface area contributed by atoms with Crippen molar-refractivity contribution in [2.75, 3.05) is 12.5 Å². The summed E-state index contributed by atoms with van der Waals surface area (Å²) in [6.45, 7) is 0. The van der Waals surface area contributed by atoms with Gasteiger partial charge in [-0.1, -0.05) is 40.9 Å². The van der Waals surface area contributed by atoms with Gasteiger partial charge in [0.1, 0.15) is 0 Å². The van der Waals surface area contributed by atoms with E-state index in [4.69, 9.17) is 34.8 Å². The molecular formula is C9H12Cl3NO2S. The second kappa shape index (κ2) is 11.3. The lowest BCUT2D eigenvalue weighted by molar-refractivity contribution is -0.107. The SMILES string of the molecule is CS(C)=O.O=CC(Cl)(Cl)Cl.c1ccncc1. The summed E-state index contributed by atoms with van der Waals surface area (Å²) in [5, 5.41) is 0. The lowest BCUT2D eigenvalue weighted by Gasteiger charge is -1.93. The number of carbonyl (C=O) groups excluding carboxylic acids is 1. The van der Waals surface area contributed by atoms with E-state index in [2.05, 4.69) is 4.98 Å². The molecular weight excluding hydrogens is 293 g/mol. The molecule has 0 atom stereocenters. The van der Waals surface area contributed by atoms with Crippen LogP contribution >= 0.6 is 34.8 Å². The van der Waals surface area contributed by atoms with Crippen molar-refractivity contribution in [1.82, 2.24) is 4.98 Å². The molecule has 0 bridgehead atoms. The Labute approximate surface area is 113 Å². The van der Waals surface area contributed by atoms with Crippen LogP contribution < -0.4 is 0 Å². The van der Waals surface area contributed by atoms with Crippen LogP contribution in [0.4, 0.5) is 0 Å². The number of rotatable bonds is 0. The lowest BCUT2D eigenvalue weighted by Crippen LogP contribution is -2.00. The fourth-order valence-electron chi connectivity index (χ4n) is 0.313. The van der Waals surface area contributed by atoms with Crippen LogP contribution in [0.5, 0.6) is 0 Å². The van der Waals surface area contributed by atoms with E-state index >= 15 is 0 Å². The van der Waals surface area contributed by atoms with Gasteiger partial charge < -0.3 is 0 Å². The van der Waals surface area contributed by atoms with Crippen molar-refractivity contribution in [3.63, 3.8) is 0 Å². The Morgan fingerprint density at radius 1 is 1.12 bits per heavy atom. The maximum absolute atomic E-state index is 9.56. The molecule has 0 aromatic carbocycles. The van der Waals surface area contributed by atoms with E-state index in [-0.39, 0.29) is 6.29 Å². The predicted molar refractivity (Wildman–Crippen MR) is 70.6 cm³/mol. The van der Waals surface area contributed by atoms with Crippen molar-refractivity contribution >= 4 is 51.9 Å². The van der Waals surface area contributed by atoms with Crippen molar-refractivity contribution in [2.45, 2.75) is 3.79 Å². The monoisotopic (exact) mass is 303 g/mol. The first-order chi connectivity index (χ1) is 7.29. The van der Waals surface area contributed by atoms with E-state index in [0.29, 0.717) is 0 Å². The second-order valence-corrected chi connectivity index (χ2v) is 6.28. The van der Waals surface area contributed by atoms with Crippen LogP contribution in [-0.2, 0) is 15.6 Å². The Morgan fingerprint density at radius 2 is 1.44 bits per heavy atom. The summed E-state index contributed by atoms with van der Waals surface area (Å²) in [5.74, 6) is 0. The first kappa shape index (κ1) is 18.2. The zero-order chi connectivity index (χ0) is 13.0. The first-order valence-electron chi connectivity index (χ1n) is 3.92. The molecule has 1 heterocycles. The van der Waals surface area contributed by atoms with Gasteiger partial charge in [0.05, 0.1) is 0 Å². The van der Waals surface area contributed by atoms with Gasteiger partial charge in [0.15, 0.2) is 6.29 Å². The summed E-state index contributed by atoms with van der Waals surface area (Å²) < 4.78 is 7.83. The molecule has 16 heavy (non-hydrogen) atoms. The average Bonchev–Trinajstić information content (AvgIpc) is 2.19. The Morgan fingerprint density at radius 3 is 1.50 bits per heavy atom. The molecule has 0 amide bonds. The van der Waals surface area contributed by atoms with Gasteiger partial charge in [0, 0.05) is 35.7 Å². The molecule has 0 saturated carbocycles.